The normalized spacial score (nSPS) is 26.4. The van der Waals surface area contributed by atoms with Crippen LogP contribution in [0.3, 0.4) is 0 Å². The lowest BCUT2D eigenvalue weighted by Gasteiger charge is -2.51. The third-order valence-corrected chi connectivity index (χ3v) is 6.98. The lowest BCUT2D eigenvalue weighted by atomic mass is 9.66. The van der Waals surface area contributed by atoms with E-state index in [0.717, 1.165) is 5.56 Å². The third-order valence-electron chi connectivity index (χ3n) is 6.73. The number of halogens is 1. The van der Waals surface area contributed by atoms with Crippen molar-refractivity contribution >= 4 is 29.2 Å². The van der Waals surface area contributed by atoms with Crippen molar-refractivity contribution in [2.24, 2.45) is 11.3 Å². The van der Waals surface area contributed by atoms with Crippen LogP contribution >= 0.6 is 11.6 Å². The molecule has 0 unspecified atom stereocenters. The van der Waals surface area contributed by atoms with Crippen molar-refractivity contribution in [3.63, 3.8) is 0 Å². The SMILES string of the molecule is C=C(C)[C@@H](NC(=O)[C@@H]1CCC(=O)C1)C(=O)N1CC[C@](O)(c2ccc(Cl)cc2)C(C)(C)C1. The summed E-state index contributed by atoms with van der Waals surface area (Å²) in [6.07, 6.45) is 1.52. The molecule has 0 bridgehead atoms. The van der Waals surface area contributed by atoms with Crippen molar-refractivity contribution in [1.82, 2.24) is 10.2 Å². The van der Waals surface area contributed by atoms with Gasteiger partial charge in [-0.2, -0.15) is 0 Å². The van der Waals surface area contributed by atoms with Crippen LogP contribution in [0.25, 0.3) is 0 Å². The summed E-state index contributed by atoms with van der Waals surface area (Å²) in [5, 5.41) is 14.9. The average molecular weight is 447 g/mol. The van der Waals surface area contributed by atoms with Gasteiger partial charge in [-0.15, -0.1) is 0 Å². The van der Waals surface area contributed by atoms with Gasteiger partial charge in [-0.05, 0) is 43.0 Å². The van der Waals surface area contributed by atoms with Gasteiger partial charge in [0.05, 0.1) is 5.60 Å². The van der Waals surface area contributed by atoms with Gasteiger partial charge < -0.3 is 15.3 Å². The summed E-state index contributed by atoms with van der Waals surface area (Å²) in [4.78, 5) is 39.1. The first-order chi connectivity index (χ1) is 14.4. The topological polar surface area (TPSA) is 86.7 Å². The van der Waals surface area contributed by atoms with E-state index in [0.29, 0.717) is 42.9 Å². The molecule has 2 fully saturated rings. The second-order valence-electron chi connectivity index (χ2n) is 9.53. The molecule has 1 heterocycles. The molecule has 0 radical (unpaired) electrons. The molecule has 0 spiro atoms. The number of nitrogens with zero attached hydrogens (tertiary/aromatic N) is 1. The van der Waals surface area contributed by atoms with E-state index in [1.807, 2.05) is 26.0 Å². The summed E-state index contributed by atoms with van der Waals surface area (Å²) in [7, 11) is 0. The van der Waals surface area contributed by atoms with Crippen LogP contribution in [0.4, 0.5) is 0 Å². The van der Waals surface area contributed by atoms with E-state index in [2.05, 4.69) is 11.9 Å². The first-order valence-corrected chi connectivity index (χ1v) is 11.1. The molecule has 1 aliphatic carbocycles. The van der Waals surface area contributed by atoms with Gasteiger partial charge in [0.1, 0.15) is 11.8 Å². The number of rotatable bonds is 5. The van der Waals surface area contributed by atoms with Gasteiger partial charge in [0.2, 0.25) is 11.8 Å². The van der Waals surface area contributed by atoms with Crippen molar-refractivity contribution in [3.8, 4) is 0 Å². The summed E-state index contributed by atoms with van der Waals surface area (Å²) in [5.74, 6) is -0.815. The Balaban J connectivity index is 1.74. The van der Waals surface area contributed by atoms with Crippen LogP contribution in [-0.4, -0.2) is 46.7 Å². The van der Waals surface area contributed by atoms with Gasteiger partial charge >= 0.3 is 0 Å². The van der Waals surface area contributed by atoms with E-state index >= 15 is 0 Å². The fourth-order valence-electron chi connectivity index (χ4n) is 4.65. The highest BCUT2D eigenvalue weighted by Crippen LogP contribution is 2.46. The number of hydrogen-bond acceptors (Lipinski definition) is 4. The third kappa shape index (κ3) is 4.70. The molecule has 0 aromatic heterocycles. The maximum Gasteiger partial charge on any atom is 0.249 e. The maximum absolute atomic E-state index is 13.3. The highest BCUT2D eigenvalue weighted by Gasteiger charge is 2.50. The van der Waals surface area contributed by atoms with Gasteiger partial charge in [-0.25, -0.2) is 0 Å². The molecule has 1 aromatic carbocycles. The number of aliphatic hydroxyl groups is 1. The highest BCUT2D eigenvalue weighted by atomic mass is 35.5. The predicted octanol–water partition coefficient (Wildman–Crippen LogP) is 3.22. The molecule has 3 atom stereocenters. The molecular weight excluding hydrogens is 416 g/mol. The summed E-state index contributed by atoms with van der Waals surface area (Å²) in [6, 6.07) is 6.30. The van der Waals surface area contributed by atoms with E-state index in [1.54, 1.807) is 24.0 Å². The first-order valence-electron chi connectivity index (χ1n) is 10.7. The Morgan fingerprint density at radius 3 is 2.45 bits per heavy atom. The average Bonchev–Trinajstić information content (AvgIpc) is 3.14. The van der Waals surface area contributed by atoms with Crippen LogP contribution in [0.5, 0.6) is 0 Å². The Bertz CT molecular complexity index is 895. The number of ketones is 1. The van der Waals surface area contributed by atoms with Gasteiger partial charge in [-0.3, -0.25) is 14.4 Å². The lowest BCUT2D eigenvalue weighted by Crippen LogP contribution is -2.60. The largest absolute Gasteiger partial charge is 0.384 e. The molecule has 168 valence electrons. The molecular formula is C24H31ClN2O4. The molecule has 2 aliphatic rings. The van der Waals surface area contributed by atoms with Crippen LogP contribution < -0.4 is 5.32 Å². The minimum absolute atomic E-state index is 0.0811. The molecule has 1 saturated carbocycles. The Morgan fingerprint density at radius 2 is 1.94 bits per heavy atom. The molecule has 31 heavy (non-hydrogen) atoms. The standard InChI is InChI=1S/C24H31ClN2O4/c1-15(2)20(26-21(29)16-5-10-19(28)13-16)22(30)27-12-11-24(31,23(3,4)14-27)17-6-8-18(25)9-7-17/h6-9,16,20,31H,1,5,10-14H2,2-4H3,(H,26,29)/t16-,20-,24+/m1/s1. The molecule has 6 nitrogen and oxygen atoms in total. The monoisotopic (exact) mass is 446 g/mol. The molecule has 7 heteroatoms. The Labute approximate surface area is 188 Å². The first kappa shape index (κ1) is 23.5. The van der Waals surface area contributed by atoms with E-state index in [1.165, 1.54) is 0 Å². The summed E-state index contributed by atoms with van der Waals surface area (Å²) in [6.45, 7) is 10.1. The van der Waals surface area contributed by atoms with Crippen molar-refractivity contribution in [3.05, 3.63) is 47.0 Å². The van der Waals surface area contributed by atoms with Crippen molar-refractivity contribution in [2.45, 2.75) is 58.1 Å². The lowest BCUT2D eigenvalue weighted by molar-refractivity contribution is -0.155. The van der Waals surface area contributed by atoms with Crippen molar-refractivity contribution in [2.75, 3.05) is 13.1 Å². The Kier molecular flexibility index (Phi) is 6.63. The van der Waals surface area contributed by atoms with Gasteiger partial charge in [0, 0.05) is 42.3 Å². The van der Waals surface area contributed by atoms with Crippen LogP contribution in [0.1, 0.15) is 52.0 Å². The molecule has 1 aromatic rings. The number of amides is 2. The summed E-state index contributed by atoms with van der Waals surface area (Å²) < 4.78 is 0. The molecule has 2 amide bonds. The molecule has 2 N–H and O–H groups in total. The maximum atomic E-state index is 13.3. The second-order valence-corrected chi connectivity index (χ2v) is 9.96. The number of likely N-dealkylation sites (tertiary alicyclic amines) is 1. The predicted molar refractivity (Wildman–Crippen MR) is 119 cm³/mol. The van der Waals surface area contributed by atoms with Crippen LogP contribution in [-0.2, 0) is 20.0 Å². The van der Waals surface area contributed by atoms with E-state index in [-0.39, 0.29) is 29.9 Å². The summed E-state index contributed by atoms with van der Waals surface area (Å²) >= 11 is 6.00. The zero-order valence-electron chi connectivity index (χ0n) is 18.4. The molecule has 1 saturated heterocycles. The van der Waals surface area contributed by atoms with Gasteiger partial charge in [-0.1, -0.05) is 44.2 Å². The van der Waals surface area contributed by atoms with Gasteiger partial charge in [0.25, 0.3) is 0 Å². The van der Waals surface area contributed by atoms with E-state index in [9.17, 15) is 19.5 Å². The number of benzene rings is 1. The number of carbonyl (C=O) groups is 3. The Hall–Kier alpha value is -2.18. The number of carbonyl (C=O) groups excluding carboxylic acids is 3. The number of nitrogens with one attached hydrogen (secondary N) is 1. The molecule has 1 aliphatic heterocycles. The van der Waals surface area contributed by atoms with Crippen LogP contribution in [0.15, 0.2) is 36.4 Å². The van der Waals surface area contributed by atoms with Crippen molar-refractivity contribution in [1.29, 1.82) is 0 Å². The molecule has 3 rings (SSSR count). The van der Waals surface area contributed by atoms with Gasteiger partial charge in [0.15, 0.2) is 0 Å². The highest BCUT2D eigenvalue weighted by molar-refractivity contribution is 6.30. The second kappa shape index (κ2) is 8.75. The zero-order valence-corrected chi connectivity index (χ0v) is 19.2. The minimum atomic E-state index is -1.11. The van der Waals surface area contributed by atoms with E-state index in [4.69, 9.17) is 11.6 Å². The quantitative estimate of drug-likeness (QED) is 0.680. The minimum Gasteiger partial charge on any atom is -0.384 e. The number of piperidine rings is 1. The smallest absolute Gasteiger partial charge is 0.249 e. The van der Waals surface area contributed by atoms with Crippen LogP contribution in [0, 0.1) is 11.3 Å². The fraction of sp³-hybridized carbons (Fsp3) is 0.542. The Morgan fingerprint density at radius 1 is 1.29 bits per heavy atom. The summed E-state index contributed by atoms with van der Waals surface area (Å²) in [5.41, 5.74) is -0.430. The van der Waals surface area contributed by atoms with Crippen molar-refractivity contribution < 1.29 is 19.5 Å². The fourth-order valence-corrected chi connectivity index (χ4v) is 4.77. The van der Waals surface area contributed by atoms with E-state index < -0.39 is 17.1 Å². The zero-order chi connectivity index (χ0) is 23.0. The number of hydrogen-bond donors (Lipinski definition) is 2. The number of Topliss-reactive ketones (excluding diaryl/α,β-unsaturated/α-hetero) is 1. The van der Waals surface area contributed by atoms with Crippen LogP contribution in [0.2, 0.25) is 5.02 Å².